The number of nitrogens with one attached hydrogen (secondary N) is 1. The molecule has 6 heteroatoms. The molecular weight excluding hydrogens is 230 g/mol. The van der Waals surface area contributed by atoms with Crippen LogP contribution in [0.2, 0.25) is 0 Å². The molecule has 1 aromatic heterocycles. The molecule has 6 nitrogen and oxygen atoms in total. The first-order valence-corrected chi connectivity index (χ1v) is 6.22. The van der Waals surface area contributed by atoms with Crippen molar-refractivity contribution in [2.45, 2.75) is 39.7 Å². The van der Waals surface area contributed by atoms with Crippen molar-refractivity contribution in [1.29, 1.82) is 0 Å². The van der Waals surface area contributed by atoms with Gasteiger partial charge in [0.15, 0.2) is 0 Å². The molecule has 0 aromatic carbocycles. The summed E-state index contributed by atoms with van der Waals surface area (Å²) in [6, 6.07) is 0. The summed E-state index contributed by atoms with van der Waals surface area (Å²) >= 11 is 0. The molecule has 1 rings (SSSR count). The highest BCUT2D eigenvalue weighted by Gasteiger charge is 2.07. The van der Waals surface area contributed by atoms with Crippen LogP contribution in [0, 0.1) is 13.8 Å². The van der Waals surface area contributed by atoms with Gasteiger partial charge in [0.05, 0.1) is 5.69 Å². The molecule has 18 heavy (non-hydrogen) atoms. The third-order valence-corrected chi connectivity index (χ3v) is 3.13. The zero-order chi connectivity index (χ0) is 13.5. The molecule has 4 N–H and O–H groups in total. The molecule has 1 aromatic rings. The van der Waals surface area contributed by atoms with Gasteiger partial charge in [-0.15, -0.1) is 0 Å². The van der Waals surface area contributed by atoms with Gasteiger partial charge in [-0.3, -0.25) is 4.68 Å². The van der Waals surface area contributed by atoms with Crippen LogP contribution in [0.5, 0.6) is 0 Å². The van der Waals surface area contributed by atoms with Crippen LogP contribution in [0.15, 0.2) is 5.16 Å². The zero-order valence-electron chi connectivity index (χ0n) is 11.4. The Morgan fingerprint density at radius 2 is 2.17 bits per heavy atom. The number of amidine groups is 1. The van der Waals surface area contributed by atoms with Crippen LogP contribution in [-0.4, -0.2) is 27.4 Å². The first-order chi connectivity index (χ1) is 8.56. The van der Waals surface area contributed by atoms with E-state index in [0.29, 0.717) is 12.3 Å². The topological polar surface area (TPSA) is 88.5 Å². The van der Waals surface area contributed by atoms with Crippen molar-refractivity contribution in [3.63, 3.8) is 0 Å². The van der Waals surface area contributed by atoms with Crippen LogP contribution < -0.4 is 11.1 Å². The number of oxime groups is 1. The Kier molecular flexibility index (Phi) is 5.64. The minimum atomic E-state index is 0.300. The SMILES string of the molecule is Cc1nn(C)c(C)c1CNCCCCC(N)=NO. The lowest BCUT2D eigenvalue weighted by Gasteiger charge is -2.05. The van der Waals surface area contributed by atoms with Crippen molar-refractivity contribution in [1.82, 2.24) is 15.1 Å². The Hall–Kier alpha value is -1.56. The van der Waals surface area contributed by atoms with Crippen LogP contribution in [0.25, 0.3) is 0 Å². The first kappa shape index (κ1) is 14.5. The number of hydrogen-bond donors (Lipinski definition) is 3. The Balaban J connectivity index is 2.22. The summed E-state index contributed by atoms with van der Waals surface area (Å²) in [6.07, 6.45) is 2.58. The molecule has 0 saturated carbocycles. The second kappa shape index (κ2) is 7.00. The van der Waals surface area contributed by atoms with Crippen molar-refractivity contribution in [3.05, 3.63) is 17.0 Å². The molecule has 0 unspecified atom stereocenters. The van der Waals surface area contributed by atoms with Gasteiger partial charge in [-0.1, -0.05) is 5.16 Å². The molecule has 0 atom stereocenters. The maximum absolute atomic E-state index is 8.39. The second-order valence-corrected chi connectivity index (χ2v) is 4.50. The van der Waals surface area contributed by atoms with E-state index in [4.69, 9.17) is 10.9 Å². The van der Waals surface area contributed by atoms with Crippen LogP contribution in [0.1, 0.15) is 36.2 Å². The van der Waals surface area contributed by atoms with Crippen LogP contribution in [-0.2, 0) is 13.6 Å². The van der Waals surface area contributed by atoms with E-state index in [0.717, 1.165) is 31.6 Å². The summed E-state index contributed by atoms with van der Waals surface area (Å²) in [5, 5.41) is 19.1. The number of rotatable bonds is 7. The lowest BCUT2D eigenvalue weighted by Crippen LogP contribution is -2.17. The maximum Gasteiger partial charge on any atom is 0.139 e. The van der Waals surface area contributed by atoms with Crippen molar-refractivity contribution in [3.8, 4) is 0 Å². The molecule has 0 bridgehead atoms. The maximum atomic E-state index is 8.39. The van der Waals surface area contributed by atoms with Crippen molar-refractivity contribution in [2.24, 2.45) is 17.9 Å². The van der Waals surface area contributed by atoms with E-state index >= 15 is 0 Å². The van der Waals surface area contributed by atoms with Gasteiger partial charge in [0.2, 0.25) is 0 Å². The third kappa shape index (κ3) is 4.03. The average Bonchev–Trinajstić information content (AvgIpc) is 2.59. The summed E-state index contributed by atoms with van der Waals surface area (Å²) in [5.41, 5.74) is 8.95. The van der Waals surface area contributed by atoms with Gasteiger partial charge in [0, 0.05) is 31.3 Å². The fraction of sp³-hybridized carbons (Fsp3) is 0.667. The summed E-state index contributed by atoms with van der Waals surface area (Å²) in [6.45, 7) is 5.87. The number of hydrogen-bond acceptors (Lipinski definition) is 4. The zero-order valence-corrected chi connectivity index (χ0v) is 11.4. The average molecular weight is 253 g/mol. The fourth-order valence-electron chi connectivity index (χ4n) is 1.89. The molecule has 0 saturated heterocycles. The van der Waals surface area contributed by atoms with Crippen LogP contribution >= 0.6 is 0 Å². The summed E-state index contributed by atoms with van der Waals surface area (Å²) in [5.74, 6) is 0.300. The molecule has 1 heterocycles. The number of nitrogens with zero attached hydrogens (tertiary/aromatic N) is 3. The van der Waals surface area contributed by atoms with Crippen molar-refractivity contribution >= 4 is 5.84 Å². The third-order valence-electron chi connectivity index (χ3n) is 3.13. The van der Waals surface area contributed by atoms with Gasteiger partial charge in [-0.25, -0.2) is 0 Å². The highest BCUT2D eigenvalue weighted by molar-refractivity contribution is 5.79. The number of aryl methyl sites for hydroxylation is 2. The molecule has 0 amide bonds. The molecule has 0 aliphatic rings. The number of aromatic nitrogens is 2. The normalized spacial score (nSPS) is 12.1. The quantitative estimate of drug-likeness (QED) is 0.223. The van der Waals surface area contributed by atoms with Gasteiger partial charge >= 0.3 is 0 Å². The Morgan fingerprint density at radius 1 is 1.44 bits per heavy atom. The van der Waals surface area contributed by atoms with Gasteiger partial charge < -0.3 is 16.3 Å². The standard InChI is InChI=1S/C12H23N5O/c1-9-11(10(2)17(3)15-9)8-14-7-5-4-6-12(13)16-18/h14,18H,4-8H2,1-3H3,(H2,13,16). The van der Waals surface area contributed by atoms with E-state index in [1.165, 1.54) is 11.3 Å². The van der Waals surface area contributed by atoms with E-state index < -0.39 is 0 Å². The van der Waals surface area contributed by atoms with Crippen LogP contribution in [0.3, 0.4) is 0 Å². The molecule has 0 fully saturated rings. The number of unbranched alkanes of at least 4 members (excludes halogenated alkanes) is 1. The largest absolute Gasteiger partial charge is 0.409 e. The predicted molar refractivity (Wildman–Crippen MR) is 71.6 cm³/mol. The minimum absolute atomic E-state index is 0.300. The Morgan fingerprint density at radius 3 is 2.72 bits per heavy atom. The second-order valence-electron chi connectivity index (χ2n) is 4.50. The first-order valence-electron chi connectivity index (χ1n) is 6.22. The lowest BCUT2D eigenvalue weighted by atomic mass is 10.2. The van der Waals surface area contributed by atoms with Crippen LogP contribution in [0.4, 0.5) is 0 Å². The number of nitrogens with two attached hydrogens (primary N) is 1. The summed E-state index contributed by atoms with van der Waals surface area (Å²) in [4.78, 5) is 0. The highest BCUT2D eigenvalue weighted by atomic mass is 16.4. The Labute approximate surface area is 108 Å². The smallest absolute Gasteiger partial charge is 0.139 e. The van der Waals surface area contributed by atoms with E-state index in [1.807, 2.05) is 18.7 Å². The molecule has 0 radical (unpaired) electrons. The Bertz CT molecular complexity index is 411. The van der Waals surface area contributed by atoms with Crippen molar-refractivity contribution < 1.29 is 5.21 Å². The van der Waals surface area contributed by atoms with Gasteiger partial charge in [-0.2, -0.15) is 5.10 Å². The van der Waals surface area contributed by atoms with Gasteiger partial charge in [0.1, 0.15) is 5.84 Å². The fourth-order valence-corrected chi connectivity index (χ4v) is 1.89. The van der Waals surface area contributed by atoms with E-state index in [-0.39, 0.29) is 0 Å². The molecule has 102 valence electrons. The van der Waals surface area contributed by atoms with Gasteiger partial charge in [-0.05, 0) is 33.2 Å². The molecule has 0 aliphatic heterocycles. The summed E-state index contributed by atoms with van der Waals surface area (Å²) < 4.78 is 1.91. The monoisotopic (exact) mass is 253 g/mol. The van der Waals surface area contributed by atoms with E-state index in [2.05, 4.69) is 22.5 Å². The molecule has 0 spiro atoms. The highest BCUT2D eigenvalue weighted by Crippen LogP contribution is 2.11. The van der Waals surface area contributed by atoms with E-state index in [1.54, 1.807) is 0 Å². The molecule has 0 aliphatic carbocycles. The van der Waals surface area contributed by atoms with Gasteiger partial charge in [0.25, 0.3) is 0 Å². The minimum Gasteiger partial charge on any atom is -0.409 e. The molecular formula is C12H23N5O. The van der Waals surface area contributed by atoms with Crippen molar-refractivity contribution in [2.75, 3.05) is 6.54 Å². The van der Waals surface area contributed by atoms with E-state index in [9.17, 15) is 0 Å². The summed E-state index contributed by atoms with van der Waals surface area (Å²) in [7, 11) is 1.96. The predicted octanol–water partition coefficient (Wildman–Crippen LogP) is 1.04. The lowest BCUT2D eigenvalue weighted by molar-refractivity contribution is 0.316.